The first-order valence-corrected chi connectivity index (χ1v) is 7.82. The third-order valence-electron chi connectivity index (χ3n) is 3.77. The first-order chi connectivity index (χ1) is 12.9. The first-order valence-electron chi connectivity index (χ1n) is 7.82. The number of halogens is 3. The van der Waals surface area contributed by atoms with Gasteiger partial charge < -0.3 is 4.74 Å². The summed E-state index contributed by atoms with van der Waals surface area (Å²) in [5.41, 5.74) is 0.0584. The molecule has 1 N–H and O–H groups in total. The minimum absolute atomic E-state index is 0.139. The highest BCUT2D eigenvalue weighted by Gasteiger charge is 2.33. The van der Waals surface area contributed by atoms with E-state index in [0.29, 0.717) is 29.0 Å². The zero-order valence-corrected chi connectivity index (χ0v) is 13.8. The number of imidazole rings is 1. The predicted octanol–water partition coefficient (Wildman–Crippen LogP) is 3.07. The van der Waals surface area contributed by atoms with Gasteiger partial charge in [-0.3, -0.25) is 5.10 Å². The van der Waals surface area contributed by atoms with Crippen LogP contribution in [-0.4, -0.2) is 34.8 Å². The summed E-state index contributed by atoms with van der Waals surface area (Å²) < 4.78 is 45.4. The van der Waals surface area contributed by atoms with Crippen molar-refractivity contribution in [2.45, 2.75) is 19.2 Å². The Morgan fingerprint density at radius 3 is 2.78 bits per heavy atom. The van der Waals surface area contributed by atoms with Gasteiger partial charge in [-0.15, -0.1) is 0 Å². The number of fused-ring (bicyclic) bond motifs is 1. The summed E-state index contributed by atoms with van der Waals surface area (Å²) in [5.74, 6) is 0.903. The summed E-state index contributed by atoms with van der Waals surface area (Å²) in [6.07, 6.45) is -1.43. The SMILES string of the molecule is CC(Oc1cccc(-c2cnc3nc(C(F)(F)F)cnn23)c1)c1nc[nH]n1. The minimum atomic E-state index is -4.58. The molecular weight excluding hydrogens is 363 g/mol. The molecule has 138 valence electrons. The molecule has 1 unspecified atom stereocenters. The molecule has 0 saturated heterocycles. The van der Waals surface area contributed by atoms with E-state index in [9.17, 15) is 13.2 Å². The molecule has 0 aliphatic heterocycles. The van der Waals surface area contributed by atoms with Crippen LogP contribution in [0.5, 0.6) is 5.75 Å². The second-order valence-electron chi connectivity index (χ2n) is 5.64. The summed E-state index contributed by atoms with van der Waals surface area (Å²) in [6.45, 7) is 1.80. The topological polar surface area (TPSA) is 93.9 Å². The summed E-state index contributed by atoms with van der Waals surface area (Å²) in [7, 11) is 0. The van der Waals surface area contributed by atoms with Crippen LogP contribution in [0.25, 0.3) is 17.0 Å². The lowest BCUT2D eigenvalue weighted by Crippen LogP contribution is -2.11. The summed E-state index contributed by atoms with van der Waals surface area (Å²) in [4.78, 5) is 11.5. The van der Waals surface area contributed by atoms with Crippen LogP contribution < -0.4 is 4.74 Å². The molecule has 0 saturated carbocycles. The smallest absolute Gasteiger partial charge is 0.435 e. The molecule has 3 heterocycles. The highest BCUT2D eigenvalue weighted by molar-refractivity contribution is 5.63. The van der Waals surface area contributed by atoms with Crippen LogP contribution in [0.3, 0.4) is 0 Å². The highest BCUT2D eigenvalue weighted by Crippen LogP contribution is 2.29. The van der Waals surface area contributed by atoms with Crippen LogP contribution in [0.4, 0.5) is 13.2 Å². The lowest BCUT2D eigenvalue weighted by atomic mass is 10.1. The second-order valence-corrected chi connectivity index (χ2v) is 5.64. The number of H-pyrrole nitrogens is 1. The van der Waals surface area contributed by atoms with Gasteiger partial charge in [-0.05, 0) is 19.1 Å². The van der Waals surface area contributed by atoms with Gasteiger partial charge in [-0.1, -0.05) is 12.1 Å². The summed E-state index contributed by atoms with van der Waals surface area (Å²) >= 11 is 0. The molecule has 0 amide bonds. The number of rotatable bonds is 4. The van der Waals surface area contributed by atoms with E-state index >= 15 is 0 Å². The molecule has 27 heavy (non-hydrogen) atoms. The van der Waals surface area contributed by atoms with E-state index < -0.39 is 11.9 Å². The number of hydrogen-bond donors (Lipinski definition) is 1. The maximum Gasteiger partial charge on any atom is 0.435 e. The van der Waals surface area contributed by atoms with Gasteiger partial charge in [0.15, 0.2) is 17.6 Å². The van der Waals surface area contributed by atoms with Crippen LogP contribution in [0.2, 0.25) is 0 Å². The van der Waals surface area contributed by atoms with Crippen molar-refractivity contribution in [1.82, 2.24) is 34.8 Å². The second kappa shape index (κ2) is 6.34. The quantitative estimate of drug-likeness (QED) is 0.589. The third-order valence-corrected chi connectivity index (χ3v) is 3.77. The molecular formula is C16H12F3N7O. The zero-order valence-electron chi connectivity index (χ0n) is 13.8. The maximum absolute atomic E-state index is 12.8. The van der Waals surface area contributed by atoms with Crippen LogP contribution in [0.1, 0.15) is 24.5 Å². The lowest BCUT2D eigenvalue weighted by Gasteiger charge is -2.12. The Morgan fingerprint density at radius 2 is 2.04 bits per heavy atom. The fraction of sp³-hybridized carbons (Fsp3) is 0.188. The van der Waals surface area contributed by atoms with Crippen molar-refractivity contribution in [3.8, 4) is 17.0 Å². The average molecular weight is 375 g/mol. The van der Waals surface area contributed by atoms with Crippen molar-refractivity contribution in [3.05, 3.63) is 54.5 Å². The summed E-state index contributed by atoms with van der Waals surface area (Å²) in [6, 6.07) is 7.01. The Hall–Kier alpha value is -3.50. The van der Waals surface area contributed by atoms with Crippen LogP contribution in [-0.2, 0) is 6.18 Å². The van der Waals surface area contributed by atoms with Crippen molar-refractivity contribution in [3.63, 3.8) is 0 Å². The molecule has 0 aliphatic carbocycles. The number of alkyl halides is 3. The number of nitrogens with one attached hydrogen (secondary N) is 1. The average Bonchev–Trinajstić information content (AvgIpc) is 3.30. The van der Waals surface area contributed by atoms with E-state index in [1.807, 2.05) is 0 Å². The van der Waals surface area contributed by atoms with E-state index in [1.54, 1.807) is 31.2 Å². The van der Waals surface area contributed by atoms with Gasteiger partial charge in [-0.2, -0.15) is 27.9 Å². The summed E-state index contributed by atoms with van der Waals surface area (Å²) in [5, 5.41) is 10.4. The molecule has 1 atom stereocenters. The standard InChI is InChI=1S/C16H12F3N7O/c1-9(14-21-8-22-25-14)27-11-4-2-3-10(5-11)12-6-20-15-24-13(16(17,18)19)7-23-26(12)15/h2-9H,1H3,(H,21,22,25). The Bertz CT molecular complexity index is 1080. The number of hydrogen-bond acceptors (Lipinski definition) is 6. The Balaban J connectivity index is 1.66. The van der Waals surface area contributed by atoms with Gasteiger partial charge in [0.05, 0.1) is 18.1 Å². The molecule has 4 aromatic rings. The Kier molecular flexibility index (Phi) is 3.98. The monoisotopic (exact) mass is 375 g/mol. The van der Waals surface area contributed by atoms with Crippen LogP contribution in [0, 0.1) is 0 Å². The van der Waals surface area contributed by atoms with Crippen LogP contribution >= 0.6 is 0 Å². The molecule has 8 nitrogen and oxygen atoms in total. The molecule has 1 aromatic carbocycles. The van der Waals surface area contributed by atoms with Crippen molar-refractivity contribution in [2.75, 3.05) is 0 Å². The van der Waals surface area contributed by atoms with E-state index in [1.165, 1.54) is 17.0 Å². The maximum atomic E-state index is 12.8. The van der Waals surface area contributed by atoms with Crippen molar-refractivity contribution in [2.24, 2.45) is 0 Å². The van der Waals surface area contributed by atoms with Crippen molar-refractivity contribution in [1.29, 1.82) is 0 Å². The van der Waals surface area contributed by atoms with E-state index in [2.05, 4.69) is 30.2 Å². The number of aromatic amines is 1. The van der Waals surface area contributed by atoms with Gasteiger partial charge in [-0.25, -0.2) is 15.0 Å². The van der Waals surface area contributed by atoms with Crippen LogP contribution in [0.15, 0.2) is 43.0 Å². The van der Waals surface area contributed by atoms with Gasteiger partial charge in [0, 0.05) is 5.56 Å². The van der Waals surface area contributed by atoms with E-state index in [0.717, 1.165) is 0 Å². The molecule has 3 aromatic heterocycles. The lowest BCUT2D eigenvalue weighted by molar-refractivity contribution is -0.141. The number of benzene rings is 1. The van der Waals surface area contributed by atoms with Gasteiger partial charge in [0.1, 0.15) is 12.1 Å². The fourth-order valence-corrected chi connectivity index (χ4v) is 2.51. The van der Waals surface area contributed by atoms with Gasteiger partial charge >= 0.3 is 6.18 Å². The van der Waals surface area contributed by atoms with E-state index in [4.69, 9.17) is 4.74 Å². The van der Waals surface area contributed by atoms with Gasteiger partial charge in [0.25, 0.3) is 5.78 Å². The Labute approximate surface area is 150 Å². The molecule has 11 heteroatoms. The number of nitrogens with zero attached hydrogens (tertiary/aromatic N) is 6. The van der Waals surface area contributed by atoms with Gasteiger partial charge in [0.2, 0.25) is 0 Å². The minimum Gasteiger partial charge on any atom is -0.483 e. The first kappa shape index (κ1) is 16.9. The molecule has 0 fully saturated rings. The number of ether oxygens (including phenoxy) is 1. The normalized spacial score (nSPS) is 13.0. The molecule has 0 bridgehead atoms. The number of aromatic nitrogens is 7. The van der Waals surface area contributed by atoms with Crippen molar-refractivity contribution < 1.29 is 17.9 Å². The largest absolute Gasteiger partial charge is 0.483 e. The predicted molar refractivity (Wildman–Crippen MR) is 86.6 cm³/mol. The fourth-order valence-electron chi connectivity index (χ4n) is 2.51. The highest BCUT2D eigenvalue weighted by atomic mass is 19.4. The molecule has 4 rings (SSSR count). The zero-order chi connectivity index (χ0) is 19.0. The molecule has 0 spiro atoms. The van der Waals surface area contributed by atoms with E-state index in [-0.39, 0.29) is 11.9 Å². The van der Waals surface area contributed by atoms with Crippen molar-refractivity contribution >= 4 is 5.78 Å². The molecule has 0 aliphatic rings. The Morgan fingerprint density at radius 1 is 1.19 bits per heavy atom. The molecule has 0 radical (unpaired) electrons. The third kappa shape index (κ3) is 3.30.